The normalized spacial score (nSPS) is 10.1. The summed E-state index contributed by atoms with van der Waals surface area (Å²) >= 11 is 1.55. The second-order valence-electron chi connectivity index (χ2n) is 4.14. The number of pyridine rings is 1. The van der Waals surface area contributed by atoms with Gasteiger partial charge in [-0.3, -0.25) is 0 Å². The number of carbonyl (C=O) groups excluding carboxylic acids is 1. The van der Waals surface area contributed by atoms with Gasteiger partial charge in [0.05, 0.1) is 5.01 Å². The van der Waals surface area contributed by atoms with E-state index in [-0.39, 0.29) is 18.3 Å². The highest BCUT2D eigenvalue weighted by Crippen LogP contribution is 2.03. The van der Waals surface area contributed by atoms with Crippen molar-refractivity contribution in [2.24, 2.45) is 0 Å². The van der Waals surface area contributed by atoms with E-state index in [2.05, 4.69) is 20.6 Å². The minimum Gasteiger partial charge on any atom is -0.477 e. The zero-order chi connectivity index (χ0) is 15.1. The molecule has 0 spiro atoms. The molecule has 0 aliphatic rings. The zero-order valence-corrected chi connectivity index (χ0v) is 11.9. The van der Waals surface area contributed by atoms with Gasteiger partial charge in [0, 0.05) is 37.3 Å². The lowest BCUT2D eigenvalue weighted by atomic mass is 10.2. The van der Waals surface area contributed by atoms with Gasteiger partial charge in [0.2, 0.25) is 0 Å². The van der Waals surface area contributed by atoms with Crippen LogP contribution in [0.4, 0.5) is 4.79 Å². The minimum atomic E-state index is -1.07. The average molecular weight is 306 g/mol. The molecule has 2 aromatic heterocycles. The van der Waals surface area contributed by atoms with Crippen LogP contribution in [0.5, 0.6) is 0 Å². The standard InChI is InChI=1S/C13H14N4O3S/c18-12(19)10-2-1-9(7-16-10)8-17-13(20)15-4-3-11-14-5-6-21-11/h1-2,5-7H,3-4,8H2,(H,18,19)(H2,15,17,20). The largest absolute Gasteiger partial charge is 0.477 e. The Morgan fingerprint density at radius 1 is 1.24 bits per heavy atom. The van der Waals surface area contributed by atoms with E-state index in [1.807, 2.05) is 5.38 Å². The van der Waals surface area contributed by atoms with Gasteiger partial charge in [-0.1, -0.05) is 6.07 Å². The van der Waals surface area contributed by atoms with Gasteiger partial charge in [0.1, 0.15) is 5.69 Å². The highest BCUT2D eigenvalue weighted by Gasteiger charge is 2.05. The lowest BCUT2D eigenvalue weighted by Crippen LogP contribution is -2.36. The van der Waals surface area contributed by atoms with Gasteiger partial charge in [-0.05, 0) is 11.6 Å². The molecule has 0 radical (unpaired) electrons. The third-order valence-electron chi connectivity index (χ3n) is 2.60. The Bertz CT molecular complexity index is 598. The molecule has 0 aromatic carbocycles. The summed E-state index contributed by atoms with van der Waals surface area (Å²) in [5.74, 6) is -1.07. The van der Waals surface area contributed by atoms with Crippen molar-refractivity contribution in [3.63, 3.8) is 0 Å². The minimum absolute atomic E-state index is 0.0216. The molecule has 0 atom stereocenters. The van der Waals surface area contributed by atoms with E-state index >= 15 is 0 Å². The number of aromatic nitrogens is 2. The maximum Gasteiger partial charge on any atom is 0.354 e. The molecule has 0 unspecified atom stereocenters. The highest BCUT2D eigenvalue weighted by molar-refractivity contribution is 7.09. The van der Waals surface area contributed by atoms with Gasteiger partial charge in [-0.25, -0.2) is 19.6 Å². The van der Waals surface area contributed by atoms with Crippen molar-refractivity contribution in [1.29, 1.82) is 0 Å². The maximum atomic E-state index is 11.6. The predicted octanol–water partition coefficient (Wildman–Crippen LogP) is 1.28. The third kappa shape index (κ3) is 4.84. The average Bonchev–Trinajstić information content (AvgIpc) is 2.99. The quantitative estimate of drug-likeness (QED) is 0.745. The van der Waals surface area contributed by atoms with E-state index < -0.39 is 5.97 Å². The number of nitrogens with zero attached hydrogens (tertiary/aromatic N) is 2. The summed E-state index contributed by atoms with van der Waals surface area (Å²) in [5.41, 5.74) is 0.710. The maximum absolute atomic E-state index is 11.6. The van der Waals surface area contributed by atoms with Crippen molar-refractivity contribution in [1.82, 2.24) is 20.6 Å². The summed E-state index contributed by atoms with van der Waals surface area (Å²) in [5, 5.41) is 17.0. The molecule has 0 fully saturated rings. The number of urea groups is 1. The Balaban J connectivity index is 1.69. The Kier molecular flexibility index (Phi) is 5.22. The van der Waals surface area contributed by atoms with E-state index in [0.717, 1.165) is 10.6 Å². The van der Waals surface area contributed by atoms with Crippen LogP contribution in [0.25, 0.3) is 0 Å². The zero-order valence-electron chi connectivity index (χ0n) is 11.1. The molecule has 3 N–H and O–H groups in total. The van der Waals surface area contributed by atoms with E-state index in [1.54, 1.807) is 23.6 Å². The number of carboxylic acid groups (broad SMARTS) is 1. The van der Waals surface area contributed by atoms with E-state index in [1.165, 1.54) is 12.3 Å². The van der Waals surface area contributed by atoms with Crippen molar-refractivity contribution in [2.75, 3.05) is 6.54 Å². The smallest absolute Gasteiger partial charge is 0.354 e. The molecule has 21 heavy (non-hydrogen) atoms. The number of carbonyl (C=O) groups is 2. The summed E-state index contributed by atoms with van der Waals surface area (Å²) in [7, 11) is 0. The van der Waals surface area contributed by atoms with Crippen molar-refractivity contribution in [3.05, 3.63) is 46.2 Å². The molecule has 8 heteroatoms. The van der Waals surface area contributed by atoms with Crippen molar-refractivity contribution in [3.8, 4) is 0 Å². The molecule has 0 saturated heterocycles. The summed E-state index contributed by atoms with van der Waals surface area (Å²) in [6.45, 7) is 0.797. The number of nitrogens with one attached hydrogen (secondary N) is 2. The number of amides is 2. The van der Waals surface area contributed by atoms with Crippen LogP contribution in [0.3, 0.4) is 0 Å². The molecule has 0 bridgehead atoms. The summed E-state index contributed by atoms with van der Waals surface area (Å²) in [6, 6.07) is 2.74. The van der Waals surface area contributed by atoms with Crippen molar-refractivity contribution < 1.29 is 14.7 Å². The van der Waals surface area contributed by atoms with Gasteiger partial charge >= 0.3 is 12.0 Å². The van der Waals surface area contributed by atoms with Crippen LogP contribution in [0.1, 0.15) is 21.1 Å². The van der Waals surface area contributed by atoms with Crippen LogP contribution in [0.15, 0.2) is 29.9 Å². The fourth-order valence-electron chi connectivity index (χ4n) is 1.56. The molecule has 110 valence electrons. The number of aromatic carboxylic acids is 1. The fourth-order valence-corrected chi connectivity index (χ4v) is 2.18. The fraction of sp³-hybridized carbons (Fsp3) is 0.231. The summed E-state index contributed by atoms with van der Waals surface area (Å²) in [6.07, 6.45) is 3.85. The Hall–Kier alpha value is -2.48. The molecular formula is C13H14N4O3S. The number of hydrogen-bond donors (Lipinski definition) is 3. The summed E-state index contributed by atoms with van der Waals surface area (Å²) in [4.78, 5) is 30.1. The molecule has 0 aliphatic heterocycles. The number of carboxylic acids is 1. The molecule has 0 aliphatic carbocycles. The molecule has 2 heterocycles. The SMILES string of the molecule is O=C(NCCc1nccs1)NCc1ccc(C(=O)O)nc1. The van der Waals surface area contributed by atoms with Gasteiger partial charge in [0.25, 0.3) is 0 Å². The number of rotatable bonds is 6. The molecule has 2 aromatic rings. The van der Waals surface area contributed by atoms with Crippen LogP contribution < -0.4 is 10.6 Å². The first-order valence-corrected chi connectivity index (χ1v) is 7.11. The lowest BCUT2D eigenvalue weighted by molar-refractivity contribution is 0.0690. The van der Waals surface area contributed by atoms with Crippen LogP contribution in [0, 0.1) is 0 Å². The van der Waals surface area contributed by atoms with E-state index in [4.69, 9.17) is 5.11 Å². The van der Waals surface area contributed by atoms with Crippen molar-refractivity contribution >= 4 is 23.3 Å². The van der Waals surface area contributed by atoms with Crippen LogP contribution >= 0.6 is 11.3 Å². The van der Waals surface area contributed by atoms with Crippen LogP contribution in [-0.4, -0.2) is 33.6 Å². The third-order valence-corrected chi connectivity index (χ3v) is 3.44. The Morgan fingerprint density at radius 3 is 2.71 bits per heavy atom. The molecular weight excluding hydrogens is 292 g/mol. The van der Waals surface area contributed by atoms with Crippen LogP contribution in [-0.2, 0) is 13.0 Å². The van der Waals surface area contributed by atoms with Gasteiger partial charge in [0.15, 0.2) is 0 Å². The first-order valence-electron chi connectivity index (χ1n) is 6.23. The van der Waals surface area contributed by atoms with Gasteiger partial charge in [-0.15, -0.1) is 11.3 Å². The second kappa shape index (κ2) is 7.34. The Morgan fingerprint density at radius 2 is 2.10 bits per heavy atom. The summed E-state index contributed by atoms with van der Waals surface area (Å²) < 4.78 is 0. The Labute approximate surface area is 125 Å². The number of hydrogen-bond acceptors (Lipinski definition) is 5. The first-order chi connectivity index (χ1) is 10.1. The molecule has 7 nitrogen and oxygen atoms in total. The first kappa shape index (κ1) is 14.9. The van der Waals surface area contributed by atoms with Crippen molar-refractivity contribution in [2.45, 2.75) is 13.0 Å². The van der Waals surface area contributed by atoms with E-state index in [9.17, 15) is 9.59 Å². The predicted molar refractivity (Wildman–Crippen MR) is 77.3 cm³/mol. The second-order valence-corrected chi connectivity index (χ2v) is 5.12. The number of thiazole rings is 1. The highest BCUT2D eigenvalue weighted by atomic mass is 32.1. The van der Waals surface area contributed by atoms with E-state index in [0.29, 0.717) is 13.0 Å². The lowest BCUT2D eigenvalue weighted by Gasteiger charge is -2.07. The molecule has 0 saturated carbocycles. The topological polar surface area (TPSA) is 104 Å². The van der Waals surface area contributed by atoms with Gasteiger partial charge < -0.3 is 15.7 Å². The molecule has 2 amide bonds. The van der Waals surface area contributed by atoms with Crippen LogP contribution in [0.2, 0.25) is 0 Å². The molecule has 2 rings (SSSR count). The van der Waals surface area contributed by atoms with Gasteiger partial charge in [-0.2, -0.15) is 0 Å². The monoisotopic (exact) mass is 306 g/mol.